The Morgan fingerprint density at radius 1 is 1.67 bits per heavy atom. The van der Waals surface area contributed by atoms with Gasteiger partial charge in [-0.2, -0.15) is 0 Å². The summed E-state index contributed by atoms with van der Waals surface area (Å²) in [4.78, 5) is 14.3. The first-order chi connectivity index (χ1) is 5.74. The average Bonchev–Trinajstić information content (AvgIpc) is 2.09. The number of ether oxygens (including phenoxy) is 2. The molecule has 12 heavy (non-hydrogen) atoms. The molecule has 0 aliphatic heterocycles. The molecule has 0 bridgehead atoms. The molecule has 64 valence electrons. The molecule has 5 heteroatoms. The Morgan fingerprint density at radius 3 is 3.00 bits per heavy atom. The number of nitrogen functional groups attached to an aromatic ring is 1. The van der Waals surface area contributed by atoms with E-state index in [0.29, 0.717) is 5.69 Å². The van der Waals surface area contributed by atoms with E-state index in [4.69, 9.17) is 5.73 Å². The second-order valence-corrected chi connectivity index (χ2v) is 1.97. The monoisotopic (exact) mass is 168 g/mol. The molecule has 0 radical (unpaired) electrons. The van der Waals surface area contributed by atoms with Gasteiger partial charge >= 0.3 is 6.16 Å². The standard InChI is InChI=1S/C7H8N2O3/c1-11-7(10)12-6-2-3-9-4-5(6)8/h2-4H,8H2,1H3. The molecule has 0 atom stereocenters. The van der Waals surface area contributed by atoms with Crippen LogP contribution in [0.1, 0.15) is 0 Å². The number of methoxy groups -OCH3 is 1. The molecule has 0 aliphatic rings. The zero-order valence-corrected chi connectivity index (χ0v) is 6.48. The third-order valence-corrected chi connectivity index (χ3v) is 1.17. The van der Waals surface area contributed by atoms with Crippen LogP contribution in [0.3, 0.4) is 0 Å². The Bertz CT molecular complexity index is 288. The molecule has 5 nitrogen and oxygen atoms in total. The summed E-state index contributed by atoms with van der Waals surface area (Å²) < 4.78 is 8.94. The largest absolute Gasteiger partial charge is 0.513 e. The number of nitrogens with zero attached hydrogens (tertiary/aromatic N) is 1. The van der Waals surface area contributed by atoms with Gasteiger partial charge in [-0.3, -0.25) is 4.98 Å². The van der Waals surface area contributed by atoms with Crippen molar-refractivity contribution < 1.29 is 14.3 Å². The molecule has 1 heterocycles. The van der Waals surface area contributed by atoms with Crippen molar-refractivity contribution in [3.8, 4) is 5.75 Å². The molecule has 0 unspecified atom stereocenters. The van der Waals surface area contributed by atoms with E-state index < -0.39 is 6.16 Å². The van der Waals surface area contributed by atoms with E-state index in [1.54, 1.807) is 0 Å². The molecule has 1 aromatic rings. The number of carbonyl (C=O) groups is 1. The van der Waals surface area contributed by atoms with Crippen LogP contribution < -0.4 is 10.5 Å². The van der Waals surface area contributed by atoms with Crippen LogP contribution in [0.2, 0.25) is 0 Å². The van der Waals surface area contributed by atoms with Crippen LogP contribution in [0, 0.1) is 0 Å². The molecule has 0 amide bonds. The van der Waals surface area contributed by atoms with Gasteiger partial charge in [0.15, 0.2) is 5.75 Å². The lowest BCUT2D eigenvalue weighted by Crippen LogP contribution is -2.08. The normalized spacial score (nSPS) is 9.08. The van der Waals surface area contributed by atoms with Gasteiger partial charge in [0.25, 0.3) is 0 Å². The number of anilines is 1. The zero-order valence-electron chi connectivity index (χ0n) is 6.48. The first kappa shape index (κ1) is 8.32. The summed E-state index contributed by atoms with van der Waals surface area (Å²) in [7, 11) is 1.22. The SMILES string of the molecule is COC(=O)Oc1ccncc1N. The number of pyridine rings is 1. The fourth-order valence-electron chi connectivity index (χ4n) is 0.618. The van der Waals surface area contributed by atoms with Gasteiger partial charge in [0.05, 0.1) is 19.0 Å². The summed E-state index contributed by atoms with van der Waals surface area (Å²) in [5, 5.41) is 0. The van der Waals surface area contributed by atoms with Crippen molar-refractivity contribution in [3.05, 3.63) is 18.5 Å². The molecule has 0 aromatic carbocycles. The van der Waals surface area contributed by atoms with Gasteiger partial charge in [0, 0.05) is 12.3 Å². The summed E-state index contributed by atoms with van der Waals surface area (Å²) in [6.07, 6.45) is 2.06. The van der Waals surface area contributed by atoms with Crippen LogP contribution in [0.5, 0.6) is 5.75 Å². The number of carbonyl (C=O) groups excluding carboxylic acids is 1. The van der Waals surface area contributed by atoms with Crippen molar-refractivity contribution in [2.45, 2.75) is 0 Å². The second-order valence-electron chi connectivity index (χ2n) is 1.97. The summed E-state index contributed by atoms with van der Waals surface area (Å²) in [5.41, 5.74) is 5.72. The third-order valence-electron chi connectivity index (χ3n) is 1.17. The molecule has 0 aliphatic carbocycles. The van der Waals surface area contributed by atoms with Crippen LogP contribution in [0.15, 0.2) is 18.5 Å². The Balaban J connectivity index is 2.75. The predicted molar refractivity (Wildman–Crippen MR) is 41.7 cm³/mol. The van der Waals surface area contributed by atoms with Crippen LogP contribution >= 0.6 is 0 Å². The van der Waals surface area contributed by atoms with Gasteiger partial charge in [-0.1, -0.05) is 0 Å². The van der Waals surface area contributed by atoms with Crippen molar-refractivity contribution in [2.75, 3.05) is 12.8 Å². The highest BCUT2D eigenvalue weighted by atomic mass is 16.7. The fraction of sp³-hybridized carbons (Fsp3) is 0.143. The predicted octanol–water partition coefficient (Wildman–Crippen LogP) is 0.809. The minimum atomic E-state index is -0.798. The first-order valence-electron chi connectivity index (χ1n) is 3.19. The van der Waals surface area contributed by atoms with E-state index >= 15 is 0 Å². The maximum absolute atomic E-state index is 10.6. The van der Waals surface area contributed by atoms with Gasteiger partial charge in [0.2, 0.25) is 0 Å². The van der Waals surface area contributed by atoms with Crippen LogP contribution in [-0.4, -0.2) is 18.2 Å². The Labute approximate surface area is 69.1 Å². The molecular formula is C7H8N2O3. The second kappa shape index (κ2) is 3.56. The maximum atomic E-state index is 10.6. The number of hydrogen-bond acceptors (Lipinski definition) is 5. The Hall–Kier alpha value is -1.78. The van der Waals surface area contributed by atoms with Crippen LogP contribution in [-0.2, 0) is 4.74 Å². The average molecular weight is 168 g/mol. The molecular weight excluding hydrogens is 160 g/mol. The van der Waals surface area contributed by atoms with Crippen molar-refractivity contribution in [1.82, 2.24) is 4.98 Å². The van der Waals surface area contributed by atoms with E-state index in [9.17, 15) is 4.79 Å². The summed E-state index contributed by atoms with van der Waals surface area (Å²) >= 11 is 0. The molecule has 0 saturated heterocycles. The zero-order chi connectivity index (χ0) is 8.97. The fourth-order valence-corrected chi connectivity index (χ4v) is 0.618. The van der Waals surface area contributed by atoms with Gasteiger partial charge in [-0.25, -0.2) is 4.79 Å². The van der Waals surface area contributed by atoms with Crippen molar-refractivity contribution >= 4 is 11.8 Å². The Morgan fingerprint density at radius 2 is 2.42 bits per heavy atom. The lowest BCUT2D eigenvalue weighted by atomic mass is 10.4. The minimum absolute atomic E-state index is 0.247. The van der Waals surface area contributed by atoms with Gasteiger partial charge < -0.3 is 15.2 Å². The van der Waals surface area contributed by atoms with E-state index in [0.717, 1.165) is 0 Å². The van der Waals surface area contributed by atoms with Gasteiger partial charge in [-0.05, 0) is 0 Å². The summed E-state index contributed by atoms with van der Waals surface area (Å²) in [6.45, 7) is 0. The number of nitrogens with two attached hydrogens (primary N) is 1. The van der Waals surface area contributed by atoms with E-state index in [1.165, 1.54) is 25.6 Å². The molecule has 0 fully saturated rings. The van der Waals surface area contributed by atoms with Crippen LogP contribution in [0.25, 0.3) is 0 Å². The quantitative estimate of drug-likeness (QED) is 0.628. The van der Waals surface area contributed by atoms with Crippen molar-refractivity contribution in [2.24, 2.45) is 0 Å². The molecule has 2 N–H and O–H groups in total. The lowest BCUT2D eigenvalue weighted by Gasteiger charge is -2.03. The molecule has 1 aromatic heterocycles. The smallest absolute Gasteiger partial charge is 0.437 e. The maximum Gasteiger partial charge on any atom is 0.513 e. The Kier molecular flexibility index (Phi) is 2.47. The van der Waals surface area contributed by atoms with E-state index in [1.807, 2.05) is 0 Å². The highest BCUT2D eigenvalue weighted by Gasteiger charge is 2.05. The highest BCUT2D eigenvalue weighted by Crippen LogP contribution is 2.18. The summed E-state index contributed by atoms with van der Waals surface area (Å²) in [6, 6.07) is 1.48. The van der Waals surface area contributed by atoms with Crippen LogP contribution in [0.4, 0.5) is 10.5 Å². The first-order valence-corrected chi connectivity index (χ1v) is 3.19. The molecule has 0 saturated carbocycles. The third kappa shape index (κ3) is 1.85. The molecule has 1 rings (SSSR count). The van der Waals surface area contributed by atoms with Crippen molar-refractivity contribution in [1.29, 1.82) is 0 Å². The molecule has 0 spiro atoms. The summed E-state index contributed by atoms with van der Waals surface area (Å²) in [5.74, 6) is 0.247. The lowest BCUT2D eigenvalue weighted by molar-refractivity contribution is 0.121. The number of rotatable bonds is 1. The highest BCUT2D eigenvalue weighted by molar-refractivity contribution is 5.66. The van der Waals surface area contributed by atoms with Crippen molar-refractivity contribution in [3.63, 3.8) is 0 Å². The number of hydrogen-bond donors (Lipinski definition) is 1. The van der Waals surface area contributed by atoms with E-state index in [2.05, 4.69) is 14.5 Å². The van der Waals surface area contributed by atoms with Gasteiger partial charge in [0.1, 0.15) is 0 Å². The van der Waals surface area contributed by atoms with E-state index in [-0.39, 0.29) is 5.75 Å². The topological polar surface area (TPSA) is 74.4 Å². The number of aromatic nitrogens is 1. The van der Waals surface area contributed by atoms with Gasteiger partial charge in [-0.15, -0.1) is 0 Å². The minimum Gasteiger partial charge on any atom is -0.437 e.